The number of sulfonamides is 1. The Bertz CT molecular complexity index is 1300. The van der Waals surface area contributed by atoms with E-state index in [1.807, 2.05) is 6.07 Å². The average Bonchev–Trinajstić information content (AvgIpc) is 3.06. The predicted molar refractivity (Wildman–Crippen MR) is 120 cm³/mol. The van der Waals surface area contributed by atoms with E-state index in [0.717, 1.165) is 5.39 Å². The fourth-order valence-corrected chi connectivity index (χ4v) is 4.34. The number of halogens is 1. The number of pyridine rings is 1. The Morgan fingerprint density at radius 1 is 1.12 bits per heavy atom. The van der Waals surface area contributed by atoms with Gasteiger partial charge in [0, 0.05) is 29.5 Å². The van der Waals surface area contributed by atoms with Gasteiger partial charge in [-0.15, -0.1) is 0 Å². The molecule has 0 unspecified atom stereocenters. The molecule has 0 spiro atoms. The van der Waals surface area contributed by atoms with E-state index < -0.39 is 22.5 Å². The molecule has 1 aromatic heterocycles. The van der Waals surface area contributed by atoms with E-state index in [2.05, 4.69) is 9.71 Å². The van der Waals surface area contributed by atoms with Crippen molar-refractivity contribution in [1.29, 1.82) is 0 Å². The molecular weight excluding hydrogens is 472 g/mol. The highest BCUT2D eigenvalue weighted by Crippen LogP contribution is 2.32. The van der Waals surface area contributed by atoms with E-state index in [1.165, 1.54) is 18.2 Å². The molecule has 0 aliphatic carbocycles. The minimum absolute atomic E-state index is 0.0447. The quantitative estimate of drug-likeness (QED) is 0.395. The summed E-state index contributed by atoms with van der Waals surface area (Å²) in [4.78, 5) is 16.4. The van der Waals surface area contributed by atoms with Gasteiger partial charge in [0.25, 0.3) is 0 Å². The van der Waals surface area contributed by atoms with Crippen molar-refractivity contribution in [1.82, 2.24) is 9.71 Å². The third kappa shape index (κ3) is 5.47. The van der Waals surface area contributed by atoms with E-state index in [-0.39, 0.29) is 16.7 Å². The minimum atomic E-state index is -3.96. The number of carbonyl (C=O) groups is 1. The summed E-state index contributed by atoms with van der Waals surface area (Å²) in [5.41, 5.74) is 1.13. The molecule has 0 radical (unpaired) electrons. The lowest BCUT2D eigenvalue weighted by Crippen LogP contribution is -2.30. The molecule has 174 valence electrons. The molecule has 4 rings (SSSR count). The number of rotatable bonds is 7. The van der Waals surface area contributed by atoms with Crippen molar-refractivity contribution >= 4 is 38.5 Å². The second-order valence-electron chi connectivity index (χ2n) is 7.14. The Morgan fingerprint density at radius 3 is 2.70 bits per heavy atom. The fourth-order valence-electron chi connectivity index (χ4n) is 3.15. The van der Waals surface area contributed by atoms with Crippen LogP contribution in [0.5, 0.6) is 17.2 Å². The summed E-state index contributed by atoms with van der Waals surface area (Å²) < 4.78 is 48.8. The second-order valence-corrected chi connectivity index (χ2v) is 9.27. The second kappa shape index (κ2) is 9.82. The molecule has 1 N–H and O–H groups in total. The van der Waals surface area contributed by atoms with Crippen molar-refractivity contribution < 1.29 is 32.2 Å². The molecule has 33 heavy (non-hydrogen) atoms. The van der Waals surface area contributed by atoms with Crippen LogP contribution in [-0.2, 0) is 26.2 Å². The molecule has 0 saturated heterocycles. The maximum atomic E-state index is 12.6. The fraction of sp³-hybridized carbons (Fsp3) is 0.273. The molecule has 1 aliphatic heterocycles. The molecule has 2 heterocycles. The monoisotopic (exact) mass is 492 g/mol. The Morgan fingerprint density at radius 2 is 1.91 bits per heavy atom. The number of benzene rings is 2. The Kier molecular flexibility index (Phi) is 6.87. The highest BCUT2D eigenvalue weighted by Gasteiger charge is 2.20. The molecule has 2 aromatic carbocycles. The van der Waals surface area contributed by atoms with Crippen molar-refractivity contribution in [3.05, 3.63) is 53.2 Å². The summed E-state index contributed by atoms with van der Waals surface area (Å²) in [6, 6.07) is 11.4. The van der Waals surface area contributed by atoms with E-state index >= 15 is 0 Å². The molecule has 11 heteroatoms. The van der Waals surface area contributed by atoms with Crippen molar-refractivity contribution in [2.45, 2.75) is 17.9 Å². The van der Waals surface area contributed by atoms with Crippen molar-refractivity contribution in [2.24, 2.45) is 0 Å². The van der Waals surface area contributed by atoms with Crippen LogP contribution in [0.1, 0.15) is 12.0 Å². The van der Waals surface area contributed by atoms with Crippen LogP contribution >= 0.6 is 11.6 Å². The standard InChI is InChI=1S/C22H21ClN2O7S/c1-29-16-4-3-14-9-15(22(23)25-18(14)10-16)13-32-21(26)12-24-33(27,28)17-5-6-19-20(11-17)31-8-2-7-30-19/h3-6,9-11,24H,2,7-8,12-13H2,1H3. The smallest absolute Gasteiger partial charge is 0.321 e. The van der Waals surface area contributed by atoms with E-state index in [1.54, 1.807) is 25.3 Å². The molecule has 3 aromatic rings. The average molecular weight is 493 g/mol. The zero-order chi connectivity index (χ0) is 23.4. The van der Waals surface area contributed by atoms with Crippen LogP contribution in [0.25, 0.3) is 10.9 Å². The highest BCUT2D eigenvalue weighted by molar-refractivity contribution is 7.89. The zero-order valence-corrected chi connectivity index (χ0v) is 19.2. The van der Waals surface area contributed by atoms with Crippen LogP contribution in [-0.4, -0.2) is 46.2 Å². The topological polar surface area (TPSA) is 113 Å². The first-order chi connectivity index (χ1) is 15.9. The van der Waals surface area contributed by atoms with E-state index in [9.17, 15) is 13.2 Å². The minimum Gasteiger partial charge on any atom is -0.497 e. The molecule has 0 fully saturated rings. The SMILES string of the molecule is COc1ccc2cc(COC(=O)CNS(=O)(=O)c3ccc4c(c3)OCCCO4)c(Cl)nc2c1. The molecule has 0 saturated carbocycles. The first-order valence-electron chi connectivity index (χ1n) is 10.0. The Labute approximate surface area is 195 Å². The van der Waals surface area contributed by atoms with Crippen LogP contribution < -0.4 is 18.9 Å². The van der Waals surface area contributed by atoms with Gasteiger partial charge in [-0.25, -0.2) is 13.4 Å². The van der Waals surface area contributed by atoms with Gasteiger partial charge in [0.2, 0.25) is 10.0 Å². The van der Waals surface area contributed by atoms with Crippen LogP contribution in [0.4, 0.5) is 0 Å². The number of aromatic nitrogens is 1. The predicted octanol–water partition coefficient (Wildman–Crippen LogP) is 3.08. The van der Waals surface area contributed by atoms with Gasteiger partial charge in [-0.2, -0.15) is 4.72 Å². The molecular formula is C22H21ClN2O7S. The number of esters is 1. The maximum absolute atomic E-state index is 12.6. The summed E-state index contributed by atoms with van der Waals surface area (Å²) in [5, 5.41) is 0.970. The summed E-state index contributed by atoms with van der Waals surface area (Å²) in [7, 11) is -2.41. The molecule has 0 atom stereocenters. The van der Waals surface area contributed by atoms with E-state index in [4.69, 9.17) is 30.5 Å². The number of hydrogen-bond acceptors (Lipinski definition) is 8. The molecule has 0 amide bonds. The summed E-state index contributed by atoms with van der Waals surface area (Å²) >= 11 is 6.20. The van der Waals surface area contributed by atoms with Gasteiger partial charge >= 0.3 is 5.97 Å². The van der Waals surface area contributed by atoms with Crippen molar-refractivity contribution in [3.8, 4) is 17.2 Å². The van der Waals surface area contributed by atoms with Crippen molar-refractivity contribution in [3.63, 3.8) is 0 Å². The number of nitrogens with zero attached hydrogens (tertiary/aromatic N) is 1. The van der Waals surface area contributed by atoms with Crippen molar-refractivity contribution in [2.75, 3.05) is 26.9 Å². The van der Waals surface area contributed by atoms with Crippen LogP contribution in [0, 0.1) is 0 Å². The van der Waals surface area contributed by atoms with Crippen LogP contribution in [0.3, 0.4) is 0 Å². The highest BCUT2D eigenvalue weighted by atomic mass is 35.5. The molecule has 1 aliphatic rings. The van der Waals surface area contributed by atoms with Gasteiger partial charge < -0.3 is 18.9 Å². The number of hydrogen-bond donors (Lipinski definition) is 1. The molecule has 0 bridgehead atoms. The number of methoxy groups -OCH3 is 1. The van der Waals surface area contributed by atoms with Crippen LogP contribution in [0.2, 0.25) is 5.15 Å². The summed E-state index contributed by atoms with van der Waals surface area (Å²) in [5.74, 6) is 0.698. The third-order valence-corrected chi connectivity index (χ3v) is 6.60. The first-order valence-corrected chi connectivity index (χ1v) is 11.9. The third-order valence-electron chi connectivity index (χ3n) is 4.88. The van der Waals surface area contributed by atoms with Gasteiger partial charge in [-0.1, -0.05) is 11.6 Å². The lowest BCUT2D eigenvalue weighted by Gasteiger charge is -2.11. The number of ether oxygens (including phenoxy) is 4. The lowest BCUT2D eigenvalue weighted by molar-refractivity contribution is -0.143. The van der Waals surface area contributed by atoms with Gasteiger partial charge in [0.05, 0.1) is 30.7 Å². The Balaban J connectivity index is 1.37. The number of nitrogens with one attached hydrogen (secondary N) is 1. The van der Waals surface area contributed by atoms with Crippen LogP contribution in [0.15, 0.2) is 47.4 Å². The number of fused-ring (bicyclic) bond motifs is 2. The first kappa shape index (κ1) is 23.1. The number of carbonyl (C=O) groups excluding carboxylic acids is 1. The Hall–Kier alpha value is -3.08. The van der Waals surface area contributed by atoms with E-state index in [0.29, 0.717) is 48.0 Å². The van der Waals surface area contributed by atoms with Gasteiger partial charge in [0.1, 0.15) is 24.1 Å². The normalized spacial score (nSPS) is 13.4. The zero-order valence-electron chi connectivity index (χ0n) is 17.7. The summed E-state index contributed by atoms with van der Waals surface area (Å²) in [6.45, 7) is 0.217. The lowest BCUT2D eigenvalue weighted by atomic mass is 10.1. The maximum Gasteiger partial charge on any atom is 0.321 e. The van der Waals surface area contributed by atoms with Gasteiger partial charge in [-0.05, 0) is 30.3 Å². The summed E-state index contributed by atoms with van der Waals surface area (Å²) in [6.07, 6.45) is 0.700. The largest absolute Gasteiger partial charge is 0.497 e. The van der Waals surface area contributed by atoms with Gasteiger partial charge in [-0.3, -0.25) is 4.79 Å². The van der Waals surface area contributed by atoms with Gasteiger partial charge in [0.15, 0.2) is 11.5 Å². The molecule has 9 nitrogen and oxygen atoms in total.